The molecule has 0 radical (unpaired) electrons. The molecule has 3 heterocycles. The molecular formula is C20H32N6. The second-order valence-electron chi connectivity index (χ2n) is 7.17. The van der Waals surface area contributed by atoms with Gasteiger partial charge in [-0.1, -0.05) is 19.4 Å². The van der Waals surface area contributed by atoms with Crippen molar-refractivity contribution >= 4 is 11.6 Å². The summed E-state index contributed by atoms with van der Waals surface area (Å²) in [4.78, 5) is 11.6. The van der Waals surface area contributed by atoms with Crippen molar-refractivity contribution in [2.24, 2.45) is 4.99 Å². The Morgan fingerprint density at radius 3 is 2.81 bits per heavy atom. The summed E-state index contributed by atoms with van der Waals surface area (Å²) in [5.41, 5.74) is 3.21. The van der Waals surface area contributed by atoms with Crippen LogP contribution in [0.4, 0.5) is 0 Å². The van der Waals surface area contributed by atoms with E-state index >= 15 is 0 Å². The zero-order chi connectivity index (χ0) is 18.4. The van der Waals surface area contributed by atoms with Crippen LogP contribution >= 0.6 is 0 Å². The molecule has 26 heavy (non-hydrogen) atoms. The molecule has 142 valence electrons. The van der Waals surface area contributed by atoms with E-state index in [4.69, 9.17) is 0 Å². The molecule has 1 saturated heterocycles. The van der Waals surface area contributed by atoms with Crippen molar-refractivity contribution < 1.29 is 0 Å². The fourth-order valence-corrected chi connectivity index (χ4v) is 3.53. The zero-order valence-corrected chi connectivity index (χ0v) is 16.3. The Kier molecular flexibility index (Phi) is 6.50. The molecule has 6 heteroatoms. The third kappa shape index (κ3) is 4.75. The van der Waals surface area contributed by atoms with Crippen LogP contribution < -0.4 is 10.6 Å². The summed E-state index contributed by atoms with van der Waals surface area (Å²) in [6, 6.07) is 6.68. The molecule has 1 aliphatic heterocycles. The van der Waals surface area contributed by atoms with Gasteiger partial charge in [-0.05, 0) is 44.9 Å². The Bertz CT molecular complexity index is 727. The molecule has 1 aliphatic rings. The van der Waals surface area contributed by atoms with Crippen molar-refractivity contribution in [1.82, 2.24) is 24.9 Å². The average molecular weight is 357 g/mol. The topological polar surface area (TPSA) is 57.0 Å². The molecule has 2 aromatic rings. The molecule has 0 unspecified atom stereocenters. The van der Waals surface area contributed by atoms with Crippen molar-refractivity contribution in [1.29, 1.82) is 0 Å². The smallest absolute Gasteiger partial charge is 0.191 e. The number of nitrogens with one attached hydrogen (secondary N) is 2. The Hall–Kier alpha value is -2.08. The molecule has 2 aromatic heterocycles. The van der Waals surface area contributed by atoms with E-state index in [1.807, 2.05) is 19.2 Å². The lowest BCUT2D eigenvalue weighted by Gasteiger charge is -2.33. The maximum absolute atomic E-state index is 4.68. The van der Waals surface area contributed by atoms with Gasteiger partial charge in [0.05, 0.1) is 12.2 Å². The highest BCUT2D eigenvalue weighted by atomic mass is 15.2. The molecule has 0 saturated carbocycles. The molecule has 0 atom stereocenters. The first kappa shape index (κ1) is 18.7. The number of piperidine rings is 1. The Morgan fingerprint density at radius 1 is 1.31 bits per heavy atom. The summed E-state index contributed by atoms with van der Waals surface area (Å²) < 4.78 is 2.12. The number of aromatic nitrogens is 2. The number of likely N-dealkylation sites (tertiary alicyclic amines) is 1. The highest BCUT2D eigenvalue weighted by Crippen LogP contribution is 2.11. The molecule has 0 aromatic carbocycles. The first-order valence-corrected chi connectivity index (χ1v) is 9.82. The second kappa shape index (κ2) is 9.03. The Balaban J connectivity index is 1.48. The van der Waals surface area contributed by atoms with Gasteiger partial charge >= 0.3 is 0 Å². The predicted molar refractivity (Wildman–Crippen MR) is 108 cm³/mol. The quantitative estimate of drug-likeness (QED) is 0.617. The fourth-order valence-electron chi connectivity index (χ4n) is 3.53. The number of fused-ring (bicyclic) bond motifs is 1. The van der Waals surface area contributed by atoms with Crippen LogP contribution in [0.3, 0.4) is 0 Å². The van der Waals surface area contributed by atoms with E-state index in [0.29, 0.717) is 12.6 Å². The van der Waals surface area contributed by atoms with Crippen LogP contribution in [0.2, 0.25) is 0 Å². The van der Waals surface area contributed by atoms with Crippen molar-refractivity contribution in [2.45, 2.75) is 52.1 Å². The predicted octanol–water partition coefficient (Wildman–Crippen LogP) is 2.57. The molecule has 0 aliphatic carbocycles. The van der Waals surface area contributed by atoms with Crippen molar-refractivity contribution in [3.8, 4) is 0 Å². The molecule has 0 bridgehead atoms. The van der Waals surface area contributed by atoms with Gasteiger partial charge in [0.25, 0.3) is 0 Å². The van der Waals surface area contributed by atoms with Crippen LogP contribution in [0.25, 0.3) is 5.65 Å². The summed E-state index contributed by atoms with van der Waals surface area (Å²) in [6.07, 6.45) is 7.03. The maximum atomic E-state index is 4.68. The van der Waals surface area contributed by atoms with Crippen LogP contribution in [-0.4, -0.2) is 53.0 Å². The fraction of sp³-hybridized carbons (Fsp3) is 0.600. The summed E-state index contributed by atoms with van der Waals surface area (Å²) in [5.74, 6) is 0.866. The molecule has 1 fully saturated rings. The van der Waals surface area contributed by atoms with E-state index < -0.39 is 0 Å². The van der Waals surface area contributed by atoms with Crippen LogP contribution in [0, 0.1) is 6.92 Å². The van der Waals surface area contributed by atoms with Crippen molar-refractivity contribution in [2.75, 3.05) is 26.7 Å². The summed E-state index contributed by atoms with van der Waals surface area (Å²) >= 11 is 0. The van der Waals surface area contributed by atoms with Gasteiger partial charge in [-0.15, -0.1) is 0 Å². The number of aliphatic imine (C=N–C) groups is 1. The van der Waals surface area contributed by atoms with Crippen LogP contribution in [-0.2, 0) is 6.54 Å². The van der Waals surface area contributed by atoms with E-state index in [0.717, 1.165) is 17.3 Å². The first-order valence-electron chi connectivity index (χ1n) is 9.82. The minimum Gasteiger partial charge on any atom is -0.354 e. The van der Waals surface area contributed by atoms with Crippen LogP contribution in [0.15, 0.2) is 29.4 Å². The lowest BCUT2D eigenvalue weighted by molar-refractivity contribution is 0.203. The molecule has 0 amide bonds. The zero-order valence-electron chi connectivity index (χ0n) is 16.3. The largest absolute Gasteiger partial charge is 0.354 e. The summed E-state index contributed by atoms with van der Waals surface area (Å²) in [6.45, 7) is 8.63. The van der Waals surface area contributed by atoms with Gasteiger partial charge in [0, 0.05) is 38.1 Å². The highest BCUT2D eigenvalue weighted by Gasteiger charge is 2.19. The first-order chi connectivity index (χ1) is 12.7. The molecule has 3 rings (SSSR count). The lowest BCUT2D eigenvalue weighted by atomic mass is 10.0. The van der Waals surface area contributed by atoms with Gasteiger partial charge in [-0.25, -0.2) is 4.98 Å². The summed E-state index contributed by atoms with van der Waals surface area (Å²) in [7, 11) is 1.83. The van der Waals surface area contributed by atoms with Gasteiger partial charge in [0.15, 0.2) is 5.96 Å². The monoisotopic (exact) mass is 356 g/mol. The van der Waals surface area contributed by atoms with Crippen LogP contribution in [0.1, 0.15) is 44.0 Å². The summed E-state index contributed by atoms with van der Waals surface area (Å²) in [5, 5.41) is 6.98. The van der Waals surface area contributed by atoms with Crippen LogP contribution in [0.5, 0.6) is 0 Å². The van der Waals surface area contributed by atoms with Gasteiger partial charge in [0.1, 0.15) is 5.65 Å². The number of rotatable bonds is 6. The van der Waals surface area contributed by atoms with E-state index in [1.165, 1.54) is 51.0 Å². The highest BCUT2D eigenvalue weighted by molar-refractivity contribution is 5.79. The molecular weight excluding hydrogens is 324 g/mol. The number of nitrogens with zero attached hydrogens (tertiary/aromatic N) is 4. The van der Waals surface area contributed by atoms with Crippen molar-refractivity contribution in [3.05, 3.63) is 35.8 Å². The number of hydrogen-bond donors (Lipinski definition) is 2. The van der Waals surface area contributed by atoms with Gasteiger partial charge in [-0.2, -0.15) is 0 Å². The number of unbranched alkanes of at least 4 members (excludes halogenated alkanes) is 1. The second-order valence-corrected chi connectivity index (χ2v) is 7.17. The number of pyridine rings is 1. The van der Waals surface area contributed by atoms with Gasteiger partial charge < -0.3 is 19.9 Å². The van der Waals surface area contributed by atoms with Crippen molar-refractivity contribution in [3.63, 3.8) is 0 Å². The molecule has 0 spiro atoms. The Labute approximate surface area is 156 Å². The third-order valence-corrected chi connectivity index (χ3v) is 5.16. The van der Waals surface area contributed by atoms with E-state index in [-0.39, 0.29) is 0 Å². The third-order valence-electron chi connectivity index (χ3n) is 5.16. The minimum absolute atomic E-state index is 0.502. The van der Waals surface area contributed by atoms with E-state index in [9.17, 15) is 0 Å². The van der Waals surface area contributed by atoms with Gasteiger partial charge in [0.2, 0.25) is 0 Å². The number of imidazole rings is 1. The molecule has 6 nitrogen and oxygen atoms in total. The minimum atomic E-state index is 0.502. The molecule has 2 N–H and O–H groups in total. The average Bonchev–Trinajstić information content (AvgIpc) is 3.09. The number of guanidine groups is 1. The lowest BCUT2D eigenvalue weighted by Crippen LogP contribution is -2.48. The van der Waals surface area contributed by atoms with E-state index in [2.05, 4.69) is 56.0 Å². The van der Waals surface area contributed by atoms with E-state index in [1.54, 1.807) is 0 Å². The Morgan fingerprint density at radius 2 is 2.12 bits per heavy atom. The number of aryl methyl sites for hydroxylation is 1. The standard InChI is InChI=1S/C20H32N6/c1-4-5-11-25-12-9-17(10-13-25)24-20(21-3)22-14-18-15-26-16(2)7-6-8-19(26)23-18/h6-8,15,17H,4-5,9-14H2,1-3H3,(H2,21,22,24). The maximum Gasteiger partial charge on any atom is 0.191 e. The SMILES string of the molecule is CCCCN1CCC(NC(=NC)NCc2cn3c(C)cccc3n2)CC1. The normalized spacial score (nSPS) is 17.0. The van der Waals surface area contributed by atoms with Gasteiger partial charge in [-0.3, -0.25) is 4.99 Å². The number of hydrogen-bond acceptors (Lipinski definition) is 3.